The predicted molar refractivity (Wildman–Crippen MR) is 86.4 cm³/mol. The zero-order valence-electron chi connectivity index (χ0n) is 14.2. The number of aromatic nitrogens is 2. The van der Waals surface area contributed by atoms with Crippen LogP contribution in [0.3, 0.4) is 0 Å². The molecule has 2 amide bonds. The van der Waals surface area contributed by atoms with Crippen molar-refractivity contribution in [3.8, 4) is 11.5 Å². The number of benzene rings is 1. The molecule has 1 aliphatic heterocycles. The Morgan fingerprint density at radius 1 is 1.27 bits per heavy atom. The number of carbonyl (C=O) groups is 1. The molecule has 1 aromatic carbocycles. The average Bonchev–Trinajstić information content (AvgIpc) is 3.14. The number of nitrogens with one attached hydrogen (secondary N) is 2. The van der Waals surface area contributed by atoms with Gasteiger partial charge in [0.15, 0.2) is 17.3 Å². The van der Waals surface area contributed by atoms with Gasteiger partial charge in [-0.1, -0.05) is 19.0 Å². The topological polar surface area (TPSA) is 98.5 Å². The van der Waals surface area contributed by atoms with Gasteiger partial charge in [-0.15, -0.1) is 8.78 Å². The van der Waals surface area contributed by atoms with Gasteiger partial charge in [0.1, 0.15) is 0 Å². The van der Waals surface area contributed by atoms with Crippen LogP contribution in [0.5, 0.6) is 11.5 Å². The summed E-state index contributed by atoms with van der Waals surface area (Å²) in [6, 6.07) is 3.54. The number of nitrogens with zero attached hydrogens (tertiary/aromatic N) is 2. The molecule has 0 unspecified atom stereocenters. The van der Waals surface area contributed by atoms with Gasteiger partial charge in [-0.25, -0.2) is 4.79 Å². The average molecular weight is 368 g/mol. The Hall–Kier alpha value is -2.91. The van der Waals surface area contributed by atoms with Crippen molar-refractivity contribution in [1.82, 2.24) is 15.5 Å². The van der Waals surface area contributed by atoms with Crippen LogP contribution in [0.15, 0.2) is 22.7 Å². The van der Waals surface area contributed by atoms with E-state index in [2.05, 4.69) is 30.2 Å². The summed E-state index contributed by atoms with van der Waals surface area (Å²) >= 11 is 0. The first-order valence-corrected chi connectivity index (χ1v) is 8.09. The second kappa shape index (κ2) is 7.14. The van der Waals surface area contributed by atoms with Gasteiger partial charge in [0.2, 0.25) is 5.89 Å². The van der Waals surface area contributed by atoms with Crippen molar-refractivity contribution in [2.75, 3.05) is 11.9 Å². The van der Waals surface area contributed by atoms with E-state index < -0.39 is 12.3 Å². The lowest BCUT2D eigenvalue weighted by Crippen LogP contribution is -2.29. The molecule has 2 heterocycles. The summed E-state index contributed by atoms with van der Waals surface area (Å²) in [5.41, 5.74) is 0.307. The molecule has 140 valence electrons. The highest BCUT2D eigenvalue weighted by molar-refractivity contribution is 5.89. The van der Waals surface area contributed by atoms with Crippen LogP contribution in [-0.4, -0.2) is 29.0 Å². The Labute approximate surface area is 147 Å². The van der Waals surface area contributed by atoms with Crippen LogP contribution < -0.4 is 20.1 Å². The number of amides is 2. The van der Waals surface area contributed by atoms with E-state index in [1.807, 2.05) is 13.8 Å². The number of rotatable bonds is 6. The van der Waals surface area contributed by atoms with Gasteiger partial charge >= 0.3 is 12.3 Å². The van der Waals surface area contributed by atoms with Gasteiger partial charge in [-0.3, -0.25) is 0 Å². The SMILES string of the molecule is CC(C)c1noc(CCCNC(=O)Nc2ccc3c(c2)OC(F)(F)O3)n1. The number of halogens is 2. The zero-order chi connectivity index (χ0) is 18.7. The quantitative estimate of drug-likeness (QED) is 0.760. The van der Waals surface area contributed by atoms with Gasteiger partial charge in [-0.05, 0) is 18.6 Å². The van der Waals surface area contributed by atoms with E-state index in [9.17, 15) is 13.6 Å². The van der Waals surface area contributed by atoms with Crippen molar-refractivity contribution in [2.24, 2.45) is 0 Å². The minimum Gasteiger partial charge on any atom is -0.395 e. The van der Waals surface area contributed by atoms with Crippen LogP contribution in [0.25, 0.3) is 0 Å². The van der Waals surface area contributed by atoms with Crippen molar-refractivity contribution in [2.45, 2.75) is 38.9 Å². The lowest BCUT2D eigenvalue weighted by atomic mass is 10.2. The van der Waals surface area contributed by atoms with Crippen LogP contribution in [-0.2, 0) is 6.42 Å². The molecule has 0 spiro atoms. The van der Waals surface area contributed by atoms with E-state index in [1.54, 1.807) is 0 Å². The van der Waals surface area contributed by atoms with Gasteiger partial charge in [0.05, 0.1) is 0 Å². The van der Waals surface area contributed by atoms with Crippen LogP contribution in [0.4, 0.5) is 19.3 Å². The molecule has 0 saturated carbocycles. The summed E-state index contributed by atoms with van der Waals surface area (Å²) in [6.07, 6.45) is -2.53. The molecule has 10 heteroatoms. The second-order valence-corrected chi connectivity index (χ2v) is 6.01. The normalized spacial score (nSPS) is 14.5. The summed E-state index contributed by atoms with van der Waals surface area (Å²) in [7, 11) is 0. The predicted octanol–water partition coefficient (Wildman–Crippen LogP) is 3.27. The largest absolute Gasteiger partial charge is 0.586 e. The first-order valence-electron chi connectivity index (χ1n) is 8.09. The van der Waals surface area contributed by atoms with Gasteiger partial charge in [0, 0.05) is 30.6 Å². The summed E-state index contributed by atoms with van der Waals surface area (Å²) in [5, 5.41) is 9.05. The van der Waals surface area contributed by atoms with Gasteiger partial charge in [0.25, 0.3) is 0 Å². The molecule has 26 heavy (non-hydrogen) atoms. The summed E-state index contributed by atoms with van der Waals surface area (Å²) < 4.78 is 39.7. The second-order valence-electron chi connectivity index (χ2n) is 6.01. The smallest absolute Gasteiger partial charge is 0.395 e. The Balaban J connectivity index is 1.42. The van der Waals surface area contributed by atoms with Crippen molar-refractivity contribution in [3.63, 3.8) is 0 Å². The minimum absolute atomic E-state index is 0.0821. The molecule has 0 atom stereocenters. The maximum absolute atomic E-state index is 13.0. The zero-order valence-corrected chi connectivity index (χ0v) is 14.2. The maximum Gasteiger partial charge on any atom is 0.586 e. The van der Waals surface area contributed by atoms with E-state index in [0.29, 0.717) is 36.8 Å². The van der Waals surface area contributed by atoms with E-state index in [0.717, 1.165) is 0 Å². The van der Waals surface area contributed by atoms with Crippen LogP contribution in [0, 0.1) is 0 Å². The minimum atomic E-state index is -3.69. The molecule has 3 rings (SSSR count). The number of hydrogen-bond donors (Lipinski definition) is 2. The number of urea groups is 1. The number of anilines is 1. The molecule has 0 aliphatic carbocycles. The third-order valence-electron chi connectivity index (χ3n) is 3.51. The number of hydrogen-bond acceptors (Lipinski definition) is 6. The van der Waals surface area contributed by atoms with Crippen LogP contribution >= 0.6 is 0 Å². The molecular weight excluding hydrogens is 350 g/mol. The summed E-state index contributed by atoms with van der Waals surface area (Å²) in [6.45, 7) is 4.32. The molecule has 0 bridgehead atoms. The lowest BCUT2D eigenvalue weighted by Gasteiger charge is -2.07. The molecule has 1 aromatic heterocycles. The lowest BCUT2D eigenvalue weighted by molar-refractivity contribution is -0.286. The van der Waals surface area contributed by atoms with E-state index in [4.69, 9.17) is 4.52 Å². The standard InChI is InChI=1S/C16H18F2N4O4/c1-9(2)14-21-13(26-22-14)4-3-7-19-15(23)20-10-5-6-11-12(8-10)25-16(17,18)24-11/h5-6,8-9H,3-4,7H2,1-2H3,(H2,19,20,23). The summed E-state index contributed by atoms with van der Waals surface area (Å²) in [5.74, 6) is 1.15. The van der Waals surface area contributed by atoms with Crippen molar-refractivity contribution in [3.05, 3.63) is 29.9 Å². The Morgan fingerprint density at radius 3 is 2.77 bits per heavy atom. The number of carbonyl (C=O) groups excluding carboxylic acids is 1. The molecule has 2 aromatic rings. The monoisotopic (exact) mass is 368 g/mol. The Morgan fingerprint density at radius 2 is 2.04 bits per heavy atom. The van der Waals surface area contributed by atoms with Crippen LogP contribution in [0.2, 0.25) is 0 Å². The molecule has 2 N–H and O–H groups in total. The third kappa shape index (κ3) is 4.38. The molecule has 0 saturated heterocycles. The van der Waals surface area contributed by atoms with Crippen molar-refractivity contribution >= 4 is 11.7 Å². The first-order chi connectivity index (χ1) is 12.3. The molecule has 0 fully saturated rings. The van der Waals surface area contributed by atoms with Gasteiger partial charge in [-0.2, -0.15) is 4.98 Å². The fourth-order valence-corrected chi connectivity index (χ4v) is 2.25. The fourth-order valence-electron chi connectivity index (χ4n) is 2.25. The highest BCUT2D eigenvalue weighted by Crippen LogP contribution is 2.42. The highest BCUT2D eigenvalue weighted by Gasteiger charge is 2.43. The molecule has 8 nitrogen and oxygen atoms in total. The fraction of sp³-hybridized carbons (Fsp3) is 0.438. The van der Waals surface area contributed by atoms with E-state index in [1.165, 1.54) is 18.2 Å². The molecule has 0 radical (unpaired) electrons. The van der Waals surface area contributed by atoms with E-state index >= 15 is 0 Å². The maximum atomic E-state index is 13.0. The van der Waals surface area contributed by atoms with Crippen molar-refractivity contribution < 1.29 is 27.6 Å². The number of alkyl halides is 2. The van der Waals surface area contributed by atoms with Crippen molar-refractivity contribution in [1.29, 1.82) is 0 Å². The Bertz CT molecular complexity index is 794. The summed E-state index contributed by atoms with van der Waals surface area (Å²) in [4.78, 5) is 16.1. The van der Waals surface area contributed by atoms with Crippen LogP contribution in [0.1, 0.15) is 37.9 Å². The number of aryl methyl sites for hydroxylation is 1. The Kier molecular flexibility index (Phi) is 4.92. The number of ether oxygens (including phenoxy) is 2. The molecule has 1 aliphatic rings. The first kappa shape index (κ1) is 17.9. The highest BCUT2D eigenvalue weighted by atomic mass is 19.3. The van der Waals surface area contributed by atoms with E-state index in [-0.39, 0.29) is 17.4 Å². The number of fused-ring (bicyclic) bond motifs is 1. The van der Waals surface area contributed by atoms with Gasteiger partial charge < -0.3 is 24.6 Å². The third-order valence-corrected chi connectivity index (χ3v) is 3.51. The molecular formula is C16H18F2N4O4.